The Labute approximate surface area is 79.6 Å². The molecule has 0 bridgehead atoms. The molecular formula is C11H18O2. The van der Waals surface area contributed by atoms with Crippen molar-refractivity contribution in [3.63, 3.8) is 0 Å². The Morgan fingerprint density at radius 1 is 1.31 bits per heavy atom. The van der Waals surface area contributed by atoms with Gasteiger partial charge in [0, 0.05) is 0 Å². The van der Waals surface area contributed by atoms with Gasteiger partial charge in [0.1, 0.15) is 0 Å². The second-order valence-electron chi connectivity index (χ2n) is 3.64. The second kappa shape index (κ2) is 4.58. The molecule has 1 saturated carbocycles. The van der Waals surface area contributed by atoms with Crippen LogP contribution in [0, 0.1) is 0 Å². The van der Waals surface area contributed by atoms with E-state index in [2.05, 4.69) is 6.58 Å². The molecule has 2 nitrogen and oxygen atoms in total. The number of aliphatic hydroxyl groups is 2. The van der Waals surface area contributed by atoms with E-state index in [4.69, 9.17) is 5.11 Å². The minimum atomic E-state index is -0.720. The van der Waals surface area contributed by atoms with Crippen molar-refractivity contribution < 1.29 is 10.2 Å². The van der Waals surface area contributed by atoms with Gasteiger partial charge >= 0.3 is 0 Å². The van der Waals surface area contributed by atoms with Gasteiger partial charge in [-0.2, -0.15) is 0 Å². The molecule has 0 unspecified atom stereocenters. The molecule has 2 heteroatoms. The summed E-state index contributed by atoms with van der Waals surface area (Å²) in [5.74, 6) is 0. The summed E-state index contributed by atoms with van der Waals surface area (Å²) in [5, 5.41) is 19.0. The van der Waals surface area contributed by atoms with Crippen LogP contribution in [0.4, 0.5) is 0 Å². The zero-order chi connectivity index (χ0) is 9.73. The molecule has 0 radical (unpaired) electrons. The minimum absolute atomic E-state index is 0.0241. The highest BCUT2D eigenvalue weighted by Gasteiger charge is 2.31. The van der Waals surface area contributed by atoms with E-state index in [9.17, 15) is 5.11 Å². The van der Waals surface area contributed by atoms with Gasteiger partial charge in [-0.3, -0.25) is 0 Å². The molecule has 1 aliphatic carbocycles. The molecule has 74 valence electrons. The standard InChI is InChI=1S/C11H18O2/c1-2-10(6-9-12)11(13)7-4-3-5-8-11/h2,6,12-13H,1,3-5,7-9H2/b10-6-. The maximum Gasteiger partial charge on any atom is 0.0894 e. The molecule has 0 aromatic heterocycles. The predicted octanol–water partition coefficient (Wildman–Crippen LogP) is 1.79. The molecule has 1 rings (SSSR count). The van der Waals surface area contributed by atoms with E-state index in [-0.39, 0.29) is 6.61 Å². The zero-order valence-corrected chi connectivity index (χ0v) is 8.00. The Morgan fingerprint density at radius 3 is 2.38 bits per heavy atom. The first-order chi connectivity index (χ1) is 6.23. The monoisotopic (exact) mass is 182 g/mol. The van der Waals surface area contributed by atoms with Gasteiger partial charge in [-0.25, -0.2) is 0 Å². The largest absolute Gasteiger partial charge is 0.392 e. The molecule has 0 atom stereocenters. The lowest BCUT2D eigenvalue weighted by atomic mass is 9.79. The van der Waals surface area contributed by atoms with Crippen molar-refractivity contribution in [1.82, 2.24) is 0 Å². The van der Waals surface area contributed by atoms with Crippen molar-refractivity contribution in [2.75, 3.05) is 6.61 Å². The Kier molecular flexibility index (Phi) is 3.70. The van der Waals surface area contributed by atoms with E-state index in [1.807, 2.05) is 0 Å². The quantitative estimate of drug-likeness (QED) is 0.653. The van der Waals surface area contributed by atoms with Crippen LogP contribution in [0.25, 0.3) is 0 Å². The van der Waals surface area contributed by atoms with E-state index in [0.29, 0.717) is 0 Å². The summed E-state index contributed by atoms with van der Waals surface area (Å²) in [4.78, 5) is 0. The molecule has 2 N–H and O–H groups in total. The molecule has 1 aliphatic rings. The van der Waals surface area contributed by atoms with Crippen LogP contribution >= 0.6 is 0 Å². The van der Waals surface area contributed by atoms with Crippen LogP contribution in [0.3, 0.4) is 0 Å². The molecule has 0 saturated heterocycles. The summed E-state index contributed by atoms with van der Waals surface area (Å²) >= 11 is 0. The third-order valence-corrected chi connectivity index (χ3v) is 2.75. The van der Waals surface area contributed by atoms with Crippen molar-refractivity contribution in [3.8, 4) is 0 Å². The highest BCUT2D eigenvalue weighted by molar-refractivity contribution is 5.27. The third-order valence-electron chi connectivity index (χ3n) is 2.75. The fourth-order valence-corrected chi connectivity index (χ4v) is 1.99. The number of aliphatic hydroxyl groups excluding tert-OH is 1. The summed E-state index contributed by atoms with van der Waals surface area (Å²) < 4.78 is 0. The van der Waals surface area contributed by atoms with Gasteiger partial charge in [-0.05, 0) is 18.4 Å². The van der Waals surface area contributed by atoms with Crippen molar-refractivity contribution in [1.29, 1.82) is 0 Å². The van der Waals surface area contributed by atoms with E-state index in [1.54, 1.807) is 12.2 Å². The summed E-state index contributed by atoms with van der Waals surface area (Å²) in [5.41, 5.74) is 0.0672. The Balaban J connectivity index is 2.74. The molecule has 13 heavy (non-hydrogen) atoms. The Bertz CT molecular complexity index is 200. The van der Waals surface area contributed by atoms with Crippen LogP contribution in [-0.2, 0) is 0 Å². The summed E-state index contributed by atoms with van der Waals surface area (Å²) in [6, 6.07) is 0. The maximum absolute atomic E-state index is 10.2. The van der Waals surface area contributed by atoms with Gasteiger partial charge in [0.25, 0.3) is 0 Å². The molecule has 0 aromatic rings. The molecule has 0 spiro atoms. The van der Waals surface area contributed by atoms with Crippen LogP contribution in [0.5, 0.6) is 0 Å². The van der Waals surface area contributed by atoms with Crippen molar-refractivity contribution in [2.45, 2.75) is 37.7 Å². The van der Waals surface area contributed by atoms with E-state index in [0.717, 1.165) is 31.3 Å². The lowest BCUT2D eigenvalue weighted by Crippen LogP contribution is -2.33. The molecule has 0 aliphatic heterocycles. The van der Waals surface area contributed by atoms with Crippen LogP contribution in [0.2, 0.25) is 0 Å². The van der Waals surface area contributed by atoms with Gasteiger partial charge in [0.2, 0.25) is 0 Å². The lowest BCUT2D eigenvalue weighted by Gasteiger charge is -2.33. The van der Waals surface area contributed by atoms with Crippen LogP contribution in [0.1, 0.15) is 32.1 Å². The second-order valence-corrected chi connectivity index (χ2v) is 3.64. The smallest absolute Gasteiger partial charge is 0.0894 e. The Hall–Kier alpha value is -0.600. The number of hydrogen-bond acceptors (Lipinski definition) is 2. The highest BCUT2D eigenvalue weighted by Crippen LogP contribution is 2.34. The lowest BCUT2D eigenvalue weighted by molar-refractivity contribution is 0.0423. The van der Waals surface area contributed by atoms with Crippen molar-refractivity contribution in [3.05, 3.63) is 24.3 Å². The average Bonchev–Trinajstić information content (AvgIpc) is 2.15. The fourth-order valence-electron chi connectivity index (χ4n) is 1.99. The van der Waals surface area contributed by atoms with Crippen molar-refractivity contribution in [2.24, 2.45) is 0 Å². The summed E-state index contributed by atoms with van der Waals surface area (Å²) in [6.07, 6.45) is 8.22. The van der Waals surface area contributed by atoms with Crippen molar-refractivity contribution >= 4 is 0 Å². The average molecular weight is 182 g/mol. The van der Waals surface area contributed by atoms with Gasteiger partial charge in [-0.1, -0.05) is 38.0 Å². The predicted molar refractivity (Wildman–Crippen MR) is 53.4 cm³/mol. The molecule has 0 heterocycles. The first-order valence-corrected chi connectivity index (χ1v) is 4.89. The Morgan fingerprint density at radius 2 is 1.92 bits per heavy atom. The van der Waals surface area contributed by atoms with E-state index < -0.39 is 5.60 Å². The minimum Gasteiger partial charge on any atom is -0.392 e. The van der Waals surface area contributed by atoms with Gasteiger partial charge in [0.05, 0.1) is 12.2 Å². The van der Waals surface area contributed by atoms with Gasteiger partial charge in [-0.15, -0.1) is 0 Å². The maximum atomic E-state index is 10.2. The third kappa shape index (κ3) is 2.42. The highest BCUT2D eigenvalue weighted by atomic mass is 16.3. The zero-order valence-electron chi connectivity index (χ0n) is 8.00. The first-order valence-electron chi connectivity index (χ1n) is 4.89. The SMILES string of the molecule is C=C/C(=C/CO)C1(O)CCCCC1. The normalized spacial score (nSPS) is 22.8. The topological polar surface area (TPSA) is 40.5 Å². The van der Waals surface area contributed by atoms with Crippen LogP contribution < -0.4 is 0 Å². The fraction of sp³-hybridized carbons (Fsp3) is 0.636. The summed E-state index contributed by atoms with van der Waals surface area (Å²) in [7, 11) is 0. The molecule has 1 fully saturated rings. The van der Waals surface area contributed by atoms with Crippen LogP contribution in [0.15, 0.2) is 24.3 Å². The number of hydrogen-bond donors (Lipinski definition) is 2. The number of rotatable bonds is 3. The van der Waals surface area contributed by atoms with Gasteiger partial charge in [0.15, 0.2) is 0 Å². The first kappa shape index (κ1) is 10.5. The van der Waals surface area contributed by atoms with E-state index >= 15 is 0 Å². The van der Waals surface area contributed by atoms with Crippen LogP contribution in [-0.4, -0.2) is 22.4 Å². The molecule has 0 aromatic carbocycles. The van der Waals surface area contributed by atoms with Gasteiger partial charge < -0.3 is 10.2 Å². The summed E-state index contributed by atoms with van der Waals surface area (Å²) in [6.45, 7) is 3.64. The van der Waals surface area contributed by atoms with E-state index in [1.165, 1.54) is 6.42 Å². The molecular weight excluding hydrogens is 164 g/mol. The molecule has 0 amide bonds.